The number of hydroxylamine groups is 2. The molecule has 0 bridgehead atoms. The topological polar surface area (TPSA) is 239 Å². The number of methoxy groups -OCH3 is 1. The van der Waals surface area contributed by atoms with Gasteiger partial charge in [-0.25, -0.2) is 4.79 Å². The highest BCUT2D eigenvalue weighted by Crippen LogP contribution is 2.51. The summed E-state index contributed by atoms with van der Waals surface area (Å²) in [6, 6.07) is 8.51. The zero-order valence-corrected chi connectivity index (χ0v) is 36.4. The summed E-state index contributed by atoms with van der Waals surface area (Å²) in [7, 11) is -11.9. The molecule has 0 aliphatic carbocycles. The summed E-state index contributed by atoms with van der Waals surface area (Å²) in [5.74, 6) is -2.35. The molecular weight excluding hydrogens is 841 g/mol. The Labute approximate surface area is 351 Å². The lowest BCUT2D eigenvalue weighted by atomic mass is 9.71. The number of anilines is 1. The van der Waals surface area contributed by atoms with E-state index in [9.17, 15) is 53.3 Å². The monoisotopic (exact) mass is 892 g/mol. The van der Waals surface area contributed by atoms with Crippen LogP contribution in [0.25, 0.3) is 0 Å². The lowest BCUT2D eigenvalue weighted by molar-refractivity contribution is -0.197. The number of hydrogen-bond acceptors (Lipinski definition) is 12. The van der Waals surface area contributed by atoms with Gasteiger partial charge in [-0.05, 0) is 105 Å². The number of hydrogen-bond donors (Lipinski definition) is 3. The van der Waals surface area contributed by atoms with Crippen LogP contribution in [0.1, 0.15) is 88.3 Å². The van der Waals surface area contributed by atoms with E-state index in [2.05, 4.69) is 6.58 Å². The van der Waals surface area contributed by atoms with Crippen molar-refractivity contribution >= 4 is 53.8 Å². The van der Waals surface area contributed by atoms with Crippen molar-refractivity contribution in [2.24, 2.45) is 0 Å². The molecule has 0 aromatic heterocycles. The van der Waals surface area contributed by atoms with Gasteiger partial charge in [-0.3, -0.25) is 23.2 Å². The van der Waals surface area contributed by atoms with Crippen molar-refractivity contribution in [2.75, 3.05) is 30.9 Å². The molecule has 0 radical (unpaired) electrons. The van der Waals surface area contributed by atoms with Gasteiger partial charge in [0.05, 0.1) is 15.5 Å². The number of imide groups is 1. The number of aryl methyl sites for hydroxylation is 1. The first-order valence-electron chi connectivity index (χ1n) is 19.2. The summed E-state index contributed by atoms with van der Waals surface area (Å²) in [4.78, 5) is 42.4. The maximum atomic E-state index is 12.4. The van der Waals surface area contributed by atoms with Crippen LogP contribution in [-0.2, 0) is 65.1 Å². The minimum atomic E-state index is -4.57. The smallest absolute Gasteiger partial charge is 0.333 e. The zero-order chi connectivity index (χ0) is 44.7. The Balaban J connectivity index is 1.63. The van der Waals surface area contributed by atoms with E-state index in [1.807, 2.05) is 17.9 Å². The number of ether oxygens (including phenoxy) is 1. The maximum Gasteiger partial charge on any atom is 0.333 e. The average Bonchev–Trinajstić information content (AvgIpc) is 3.59. The molecule has 4 rings (SSSR count). The van der Waals surface area contributed by atoms with Gasteiger partial charge in [0.1, 0.15) is 0 Å². The number of nitrogens with zero attached hydrogens (tertiary/aromatic N) is 2. The number of fused-ring (bicyclic) bond motifs is 1. The standard InChI is InChI=1S/C41H52N2O14S3/c1-29-16-17-31(59(50,51)52)27-33(29)40(3,22-12-26-58(47,48)49)30(2)13-8-6-9-14-36-41(4,23-25-56-5)34-28-32(60(53,54)55)18-19-35(34)42(36)24-11-7-10-15-39(46)57-43-37(44)20-21-38(43)45/h6,8-9,13-14,16-19,27-28H,2,7,10-12,15,20-26H2,1,3-5H3,(H,47,48,49)(H,50,51,52)(H,53,54,55)/b9-6+,13-8+,36-14+. The summed E-state index contributed by atoms with van der Waals surface area (Å²) < 4.78 is 106. The molecule has 2 unspecified atom stereocenters. The molecule has 60 heavy (non-hydrogen) atoms. The highest BCUT2D eigenvalue weighted by Gasteiger charge is 2.43. The number of unbranched alkanes of at least 4 members (excludes halogenated alkanes) is 2. The Hall–Kier alpha value is -4.50. The van der Waals surface area contributed by atoms with Crippen LogP contribution in [0.2, 0.25) is 0 Å². The summed E-state index contributed by atoms with van der Waals surface area (Å²) in [6.45, 7) is 10.4. The van der Waals surface area contributed by atoms with Crippen LogP contribution in [0.3, 0.4) is 0 Å². The molecule has 2 aromatic carbocycles. The van der Waals surface area contributed by atoms with Crippen LogP contribution in [0.15, 0.2) is 94.4 Å². The highest BCUT2D eigenvalue weighted by molar-refractivity contribution is 7.86. The third-order valence-corrected chi connectivity index (χ3v) is 13.4. The summed E-state index contributed by atoms with van der Waals surface area (Å²) in [5, 5.41) is 0.513. The summed E-state index contributed by atoms with van der Waals surface area (Å²) in [6.07, 6.45) is 10.8. The van der Waals surface area contributed by atoms with Crippen molar-refractivity contribution in [1.29, 1.82) is 0 Å². The van der Waals surface area contributed by atoms with E-state index in [-0.39, 0.29) is 41.9 Å². The van der Waals surface area contributed by atoms with E-state index < -0.39 is 64.7 Å². The molecule has 2 aromatic rings. The molecule has 2 atom stereocenters. The molecule has 1 saturated heterocycles. The van der Waals surface area contributed by atoms with Crippen molar-refractivity contribution in [3.63, 3.8) is 0 Å². The largest absolute Gasteiger partial charge is 0.385 e. The SMILES string of the molecule is C=C(/C=C/C=C/C=C1/N(CCCCCC(=O)ON2C(=O)CCC2=O)c2ccc(S(=O)(=O)O)cc2C1(C)CCOC)C(C)(CCCS(=O)(=O)O)c1cc(S(=O)(=O)O)ccc1C. The Morgan fingerprint density at radius 2 is 1.53 bits per heavy atom. The normalized spacial score (nSPS) is 19.1. The third kappa shape index (κ3) is 11.9. The predicted molar refractivity (Wildman–Crippen MR) is 223 cm³/mol. The Morgan fingerprint density at radius 1 is 0.900 bits per heavy atom. The van der Waals surface area contributed by atoms with Crippen molar-refractivity contribution in [3.8, 4) is 0 Å². The molecule has 3 N–H and O–H groups in total. The average molecular weight is 893 g/mol. The molecule has 328 valence electrons. The molecule has 0 spiro atoms. The lowest BCUT2D eigenvalue weighted by Crippen LogP contribution is -2.32. The van der Waals surface area contributed by atoms with Crippen molar-refractivity contribution in [2.45, 2.75) is 99.2 Å². The minimum absolute atomic E-state index is 0.00679. The van der Waals surface area contributed by atoms with Gasteiger partial charge in [0.2, 0.25) is 0 Å². The number of benzene rings is 2. The van der Waals surface area contributed by atoms with Crippen LogP contribution in [0.5, 0.6) is 0 Å². The van der Waals surface area contributed by atoms with Gasteiger partial charge in [-0.15, -0.1) is 5.06 Å². The van der Waals surface area contributed by atoms with E-state index in [0.717, 1.165) is 5.70 Å². The first-order valence-corrected chi connectivity index (χ1v) is 23.6. The zero-order valence-electron chi connectivity index (χ0n) is 34.0. The van der Waals surface area contributed by atoms with E-state index in [0.29, 0.717) is 71.8 Å². The number of rotatable bonds is 21. The van der Waals surface area contributed by atoms with E-state index in [1.165, 1.54) is 30.3 Å². The fourth-order valence-corrected chi connectivity index (χ4v) is 9.05. The first kappa shape index (κ1) is 48.2. The van der Waals surface area contributed by atoms with E-state index >= 15 is 0 Å². The quantitative estimate of drug-likeness (QED) is 0.0568. The van der Waals surface area contributed by atoms with Gasteiger partial charge >= 0.3 is 5.97 Å². The van der Waals surface area contributed by atoms with Gasteiger partial charge in [0.15, 0.2) is 0 Å². The number of carbonyl (C=O) groups excluding carboxylic acids is 3. The second kappa shape index (κ2) is 19.5. The van der Waals surface area contributed by atoms with Crippen LogP contribution < -0.4 is 4.90 Å². The van der Waals surface area contributed by atoms with Crippen LogP contribution >= 0.6 is 0 Å². The third-order valence-electron chi connectivity index (χ3n) is 10.9. The van der Waals surface area contributed by atoms with E-state index in [4.69, 9.17) is 9.57 Å². The second-order valence-electron chi connectivity index (χ2n) is 15.2. The van der Waals surface area contributed by atoms with Crippen molar-refractivity contribution in [1.82, 2.24) is 5.06 Å². The van der Waals surface area contributed by atoms with Gasteiger partial charge in [0, 0.05) is 61.7 Å². The highest BCUT2D eigenvalue weighted by atomic mass is 32.2. The minimum Gasteiger partial charge on any atom is -0.385 e. The number of amides is 2. The molecule has 2 aliphatic heterocycles. The lowest BCUT2D eigenvalue weighted by Gasteiger charge is -2.33. The molecule has 16 nitrogen and oxygen atoms in total. The molecule has 2 amide bonds. The molecular formula is C41H52N2O14S3. The van der Waals surface area contributed by atoms with Crippen LogP contribution in [0.4, 0.5) is 5.69 Å². The Morgan fingerprint density at radius 3 is 2.15 bits per heavy atom. The van der Waals surface area contributed by atoms with Crippen LogP contribution in [-0.4, -0.2) is 87.8 Å². The fraction of sp³-hybridized carbons (Fsp3) is 0.439. The van der Waals surface area contributed by atoms with Gasteiger partial charge < -0.3 is 14.5 Å². The molecule has 0 saturated carbocycles. The van der Waals surface area contributed by atoms with E-state index in [1.54, 1.807) is 51.3 Å². The fourth-order valence-electron chi connectivity index (χ4n) is 7.52. The second-order valence-corrected chi connectivity index (χ2v) is 19.6. The Kier molecular flexibility index (Phi) is 15.6. The summed E-state index contributed by atoms with van der Waals surface area (Å²) in [5.41, 5.74) is 1.92. The Bertz CT molecular complexity index is 2410. The molecule has 1 fully saturated rings. The number of allylic oxidation sites excluding steroid dienone is 7. The van der Waals surface area contributed by atoms with Gasteiger partial charge in [0.25, 0.3) is 42.2 Å². The molecule has 2 heterocycles. The predicted octanol–water partition coefficient (Wildman–Crippen LogP) is 5.95. The molecule has 2 aliphatic rings. The number of carbonyl (C=O) groups is 3. The van der Waals surface area contributed by atoms with Gasteiger partial charge in [-0.1, -0.05) is 50.3 Å². The van der Waals surface area contributed by atoms with Crippen LogP contribution in [0, 0.1) is 6.92 Å². The first-order chi connectivity index (χ1) is 27.9. The summed E-state index contributed by atoms with van der Waals surface area (Å²) >= 11 is 0. The molecule has 19 heteroatoms. The van der Waals surface area contributed by atoms with Crippen molar-refractivity contribution < 1.29 is 62.9 Å². The maximum absolute atomic E-state index is 12.4. The van der Waals surface area contributed by atoms with Gasteiger partial charge in [-0.2, -0.15) is 25.3 Å². The van der Waals surface area contributed by atoms with Crippen molar-refractivity contribution in [3.05, 3.63) is 101 Å².